The molecule has 1 amide bonds. The van der Waals surface area contributed by atoms with Crippen molar-refractivity contribution in [1.29, 1.82) is 0 Å². The summed E-state index contributed by atoms with van der Waals surface area (Å²) in [6.45, 7) is 0.959. The molecule has 0 unspecified atom stereocenters. The molecule has 0 bridgehead atoms. The van der Waals surface area contributed by atoms with Crippen LogP contribution < -0.4 is 9.04 Å². The highest BCUT2D eigenvalue weighted by molar-refractivity contribution is 7.92. The molecular weight excluding hydrogens is 448 g/mol. The lowest BCUT2D eigenvalue weighted by Crippen LogP contribution is -2.52. The molecule has 0 radical (unpaired) electrons. The van der Waals surface area contributed by atoms with Crippen LogP contribution in [0.15, 0.2) is 77.7 Å². The first-order valence-corrected chi connectivity index (χ1v) is 12.1. The molecule has 0 N–H and O–H groups in total. The third-order valence-electron chi connectivity index (χ3n) is 5.85. The molecule has 5 rings (SSSR count). The van der Waals surface area contributed by atoms with Crippen LogP contribution in [-0.2, 0) is 27.8 Å². The lowest BCUT2D eigenvalue weighted by atomic mass is 9.99. The molecule has 0 fully saturated rings. The molecule has 6 nitrogen and oxygen atoms in total. The molecule has 0 aromatic heterocycles. The predicted molar refractivity (Wildman–Crippen MR) is 122 cm³/mol. The lowest BCUT2D eigenvalue weighted by Gasteiger charge is -2.38. The molecular formula is C24H21ClN2O4S. The van der Waals surface area contributed by atoms with Gasteiger partial charge in [0.05, 0.1) is 17.1 Å². The van der Waals surface area contributed by atoms with Gasteiger partial charge in [-0.15, -0.1) is 0 Å². The number of nitrogens with zero attached hydrogens (tertiary/aromatic N) is 2. The Kier molecular flexibility index (Phi) is 5.31. The molecule has 164 valence electrons. The van der Waals surface area contributed by atoms with Crippen molar-refractivity contribution in [2.24, 2.45) is 0 Å². The first-order chi connectivity index (χ1) is 15.4. The molecule has 32 heavy (non-hydrogen) atoms. The third kappa shape index (κ3) is 3.72. The second-order valence-electron chi connectivity index (χ2n) is 7.84. The maximum absolute atomic E-state index is 13.5. The molecule has 8 heteroatoms. The van der Waals surface area contributed by atoms with Gasteiger partial charge >= 0.3 is 0 Å². The third-order valence-corrected chi connectivity index (χ3v) is 7.90. The number of carbonyl (C=O) groups excluding carboxylic acids is 1. The highest BCUT2D eigenvalue weighted by Crippen LogP contribution is 2.37. The Balaban J connectivity index is 1.46. The normalized spacial score (nSPS) is 17.8. The number of halogens is 1. The minimum absolute atomic E-state index is 0.0983. The fourth-order valence-corrected chi connectivity index (χ4v) is 5.78. The van der Waals surface area contributed by atoms with E-state index in [9.17, 15) is 13.2 Å². The number of rotatable bonds is 3. The number of sulfonamides is 1. The molecule has 2 heterocycles. The van der Waals surface area contributed by atoms with Crippen molar-refractivity contribution in [2.75, 3.05) is 17.4 Å². The number of carbonyl (C=O) groups is 1. The maximum atomic E-state index is 13.5. The second-order valence-corrected chi connectivity index (χ2v) is 10.1. The predicted octanol–water partition coefficient (Wildman–Crippen LogP) is 3.88. The first kappa shape index (κ1) is 20.8. The number of para-hydroxylation sites is 2. The van der Waals surface area contributed by atoms with Crippen LogP contribution in [0.4, 0.5) is 5.69 Å². The number of anilines is 1. The Bertz CT molecular complexity index is 1280. The molecule has 3 aromatic carbocycles. The fraction of sp³-hybridized carbons (Fsp3) is 0.208. The van der Waals surface area contributed by atoms with Gasteiger partial charge in [-0.3, -0.25) is 9.10 Å². The number of benzene rings is 3. The zero-order valence-corrected chi connectivity index (χ0v) is 18.7. The summed E-state index contributed by atoms with van der Waals surface area (Å²) in [7, 11) is -3.91. The number of ether oxygens (including phenoxy) is 1. The van der Waals surface area contributed by atoms with Gasteiger partial charge in [-0.05, 0) is 53.9 Å². The van der Waals surface area contributed by atoms with E-state index in [2.05, 4.69) is 6.07 Å². The van der Waals surface area contributed by atoms with Crippen molar-refractivity contribution in [3.05, 3.63) is 88.9 Å². The van der Waals surface area contributed by atoms with Crippen LogP contribution in [0.2, 0.25) is 5.02 Å². The van der Waals surface area contributed by atoms with E-state index in [0.29, 0.717) is 29.5 Å². The molecule has 0 saturated heterocycles. The SMILES string of the molecule is O=C([C@H]1CN(S(=O)(=O)c2ccc(Cl)cc2)c2ccccc2O1)N1CCc2ccccc2C1. The summed E-state index contributed by atoms with van der Waals surface area (Å²) in [5.74, 6) is 0.150. The van der Waals surface area contributed by atoms with Gasteiger partial charge in [0.1, 0.15) is 5.75 Å². The zero-order chi connectivity index (χ0) is 22.3. The van der Waals surface area contributed by atoms with Crippen LogP contribution >= 0.6 is 11.6 Å². The van der Waals surface area contributed by atoms with E-state index in [1.54, 1.807) is 29.2 Å². The van der Waals surface area contributed by atoms with Gasteiger partial charge in [0.15, 0.2) is 6.10 Å². The summed E-state index contributed by atoms with van der Waals surface area (Å²) < 4.78 is 34.2. The van der Waals surface area contributed by atoms with Crippen molar-refractivity contribution in [3.63, 3.8) is 0 Å². The summed E-state index contributed by atoms with van der Waals surface area (Å²) in [6, 6.07) is 20.9. The summed E-state index contributed by atoms with van der Waals surface area (Å²) in [5.41, 5.74) is 2.75. The van der Waals surface area contributed by atoms with Gasteiger partial charge in [-0.2, -0.15) is 0 Å². The molecule has 0 saturated carbocycles. The minimum atomic E-state index is -3.91. The van der Waals surface area contributed by atoms with Crippen LogP contribution in [0.25, 0.3) is 0 Å². The number of fused-ring (bicyclic) bond motifs is 2. The van der Waals surface area contributed by atoms with Gasteiger partial charge in [-0.1, -0.05) is 48.0 Å². The van der Waals surface area contributed by atoms with Crippen molar-refractivity contribution in [1.82, 2.24) is 4.90 Å². The van der Waals surface area contributed by atoms with E-state index in [1.807, 2.05) is 18.2 Å². The summed E-state index contributed by atoms with van der Waals surface area (Å²) in [5, 5.41) is 0.449. The maximum Gasteiger partial charge on any atom is 0.265 e. The van der Waals surface area contributed by atoms with Crippen LogP contribution in [0.5, 0.6) is 5.75 Å². The van der Waals surface area contributed by atoms with E-state index in [1.165, 1.54) is 34.1 Å². The number of hydrogen-bond acceptors (Lipinski definition) is 4. The molecule has 2 aliphatic rings. The molecule has 3 aromatic rings. The average Bonchev–Trinajstić information content (AvgIpc) is 2.82. The summed E-state index contributed by atoms with van der Waals surface area (Å²) >= 11 is 5.94. The molecule has 0 spiro atoms. The zero-order valence-electron chi connectivity index (χ0n) is 17.1. The highest BCUT2D eigenvalue weighted by Gasteiger charge is 2.39. The van der Waals surface area contributed by atoms with Gasteiger partial charge in [0, 0.05) is 18.1 Å². The van der Waals surface area contributed by atoms with Crippen molar-refractivity contribution < 1.29 is 17.9 Å². The minimum Gasteiger partial charge on any atom is -0.476 e. The van der Waals surface area contributed by atoms with Crippen LogP contribution in [0.3, 0.4) is 0 Å². The highest BCUT2D eigenvalue weighted by atomic mass is 35.5. The molecule has 1 atom stereocenters. The largest absolute Gasteiger partial charge is 0.476 e. The van der Waals surface area contributed by atoms with Gasteiger partial charge in [-0.25, -0.2) is 8.42 Å². The lowest BCUT2D eigenvalue weighted by molar-refractivity contribution is -0.139. The first-order valence-electron chi connectivity index (χ1n) is 10.3. The van der Waals surface area contributed by atoms with Crippen molar-refractivity contribution in [3.8, 4) is 5.75 Å². The summed E-state index contributed by atoms with van der Waals surface area (Å²) in [6.07, 6.45) is -0.171. The Morgan fingerprint density at radius 1 is 0.938 bits per heavy atom. The summed E-state index contributed by atoms with van der Waals surface area (Å²) in [4.78, 5) is 15.2. The topological polar surface area (TPSA) is 66.9 Å². The number of hydrogen-bond donors (Lipinski definition) is 0. The van der Waals surface area contributed by atoms with E-state index in [4.69, 9.17) is 16.3 Å². The monoisotopic (exact) mass is 468 g/mol. The Hall–Kier alpha value is -3.03. The Morgan fingerprint density at radius 2 is 1.62 bits per heavy atom. The van der Waals surface area contributed by atoms with Crippen molar-refractivity contribution in [2.45, 2.75) is 24.0 Å². The van der Waals surface area contributed by atoms with E-state index in [-0.39, 0.29) is 17.3 Å². The van der Waals surface area contributed by atoms with Crippen molar-refractivity contribution >= 4 is 33.2 Å². The van der Waals surface area contributed by atoms with Crippen LogP contribution in [-0.4, -0.2) is 38.4 Å². The smallest absolute Gasteiger partial charge is 0.265 e. The average molecular weight is 469 g/mol. The quantitative estimate of drug-likeness (QED) is 0.585. The van der Waals surface area contributed by atoms with E-state index >= 15 is 0 Å². The fourth-order valence-electron chi connectivity index (χ4n) is 4.18. The van der Waals surface area contributed by atoms with Crippen LogP contribution in [0, 0.1) is 0 Å². The van der Waals surface area contributed by atoms with Gasteiger partial charge in [0.25, 0.3) is 15.9 Å². The Labute approximate surface area is 192 Å². The van der Waals surface area contributed by atoms with Crippen LogP contribution in [0.1, 0.15) is 11.1 Å². The Morgan fingerprint density at radius 3 is 2.41 bits per heavy atom. The van der Waals surface area contributed by atoms with Gasteiger partial charge in [0.2, 0.25) is 0 Å². The molecule has 0 aliphatic carbocycles. The van der Waals surface area contributed by atoms with E-state index in [0.717, 1.165) is 12.0 Å². The van der Waals surface area contributed by atoms with Gasteiger partial charge < -0.3 is 9.64 Å². The van der Waals surface area contributed by atoms with E-state index < -0.39 is 16.1 Å². The second kappa shape index (κ2) is 8.15. The molecule has 2 aliphatic heterocycles. The standard InChI is InChI=1S/C24H21ClN2O4S/c25-19-9-11-20(12-10-19)32(29,30)27-16-23(31-22-8-4-3-7-21(22)27)24(28)26-14-13-17-5-1-2-6-18(17)15-26/h1-12,23H,13-16H2/t23-/m1/s1. The number of amides is 1.